The maximum atomic E-state index is 12.0. The van der Waals surface area contributed by atoms with Gasteiger partial charge in [-0.1, -0.05) is 6.92 Å². The zero-order chi connectivity index (χ0) is 14.3. The van der Waals surface area contributed by atoms with E-state index in [-0.39, 0.29) is 5.91 Å². The van der Waals surface area contributed by atoms with Crippen molar-refractivity contribution in [2.24, 2.45) is 5.92 Å². The molecule has 0 aromatic carbocycles. The summed E-state index contributed by atoms with van der Waals surface area (Å²) in [6.45, 7) is 14.1. The summed E-state index contributed by atoms with van der Waals surface area (Å²) in [5, 5.41) is 3.43. The summed E-state index contributed by atoms with van der Waals surface area (Å²) in [4.78, 5) is 16.4. The Hall–Kier alpha value is -0.610. The van der Waals surface area contributed by atoms with E-state index in [1.807, 2.05) is 18.7 Å². The highest BCUT2D eigenvalue weighted by Crippen LogP contribution is 2.19. The lowest BCUT2D eigenvalue weighted by Crippen LogP contribution is -2.47. The molecule has 112 valence electrons. The van der Waals surface area contributed by atoms with Crippen LogP contribution in [0.4, 0.5) is 0 Å². The van der Waals surface area contributed by atoms with E-state index >= 15 is 0 Å². The van der Waals surface area contributed by atoms with Crippen LogP contribution < -0.4 is 5.32 Å². The summed E-state index contributed by atoms with van der Waals surface area (Å²) in [6, 6.07) is 0.425. The first kappa shape index (κ1) is 16.4. The van der Waals surface area contributed by atoms with Crippen LogP contribution in [0.1, 0.15) is 40.5 Å². The molecule has 4 nitrogen and oxygen atoms in total. The number of nitrogens with zero attached hydrogens (tertiary/aromatic N) is 2. The van der Waals surface area contributed by atoms with E-state index in [2.05, 4.69) is 24.1 Å². The third-order valence-electron chi connectivity index (χ3n) is 4.39. The fourth-order valence-electron chi connectivity index (χ4n) is 2.89. The number of carbonyl (C=O) groups is 1. The number of likely N-dealkylation sites (tertiary alicyclic amines) is 1. The Bertz CT molecular complexity index is 266. The first-order valence-corrected chi connectivity index (χ1v) is 7.85. The predicted molar refractivity (Wildman–Crippen MR) is 80.2 cm³/mol. The molecule has 0 aliphatic carbocycles. The fraction of sp³-hybridized carbons (Fsp3) is 0.933. The molecule has 0 saturated carbocycles. The van der Waals surface area contributed by atoms with Gasteiger partial charge in [-0.3, -0.25) is 4.79 Å². The van der Waals surface area contributed by atoms with Crippen LogP contribution in [0.2, 0.25) is 0 Å². The van der Waals surface area contributed by atoms with E-state index in [9.17, 15) is 4.79 Å². The Balaban J connectivity index is 2.34. The van der Waals surface area contributed by atoms with Crippen molar-refractivity contribution >= 4 is 5.91 Å². The second-order valence-corrected chi connectivity index (χ2v) is 5.53. The SMILES string of the molecule is CCN1CCCC(C(C)NCC(=O)N(CC)CC)C1. The highest BCUT2D eigenvalue weighted by Gasteiger charge is 2.24. The van der Waals surface area contributed by atoms with Crippen LogP contribution in [0.3, 0.4) is 0 Å². The van der Waals surface area contributed by atoms with Gasteiger partial charge in [-0.05, 0) is 52.6 Å². The molecule has 1 heterocycles. The van der Waals surface area contributed by atoms with Crippen LogP contribution >= 0.6 is 0 Å². The molecule has 0 bridgehead atoms. The van der Waals surface area contributed by atoms with E-state index in [0.29, 0.717) is 18.5 Å². The average Bonchev–Trinajstić information content (AvgIpc) is 2.46. The van der Waals surface area contributed by atoms with Crippen LogP contribution in [0.25, 0.3) is 0 Å². The molecule has 0 aromatic heterocycles. The number of amides is 1. The lowest BCUT2D eigenvalue weighted by Gasteiger charge is -2.35. The lowest BCUT2D eigenvalue weighted by molar-refractivity contribution is -0.130. The Morgan fingerprint density at radius 1 is 1.37 bits per heavy atom. The van der Waals surface area contributed by atoms with Gasteiger partial charge in [0.05, 0.1) is 6.54 Å². The van der Waals surface area contributed by atoms with E-state index in [4.69, 9.17) is 0 Å². The van der Waals surface area contributed by atoms with Crippen molar-refractivity contribution in [3.8, 4) is 0 Å². The summed E-state index contributed by atoms with van der Waals surface area (Å²) in [7, 11) is 0. The predicted octanol–water partition coefficient (Wildman–Crippen LogP) is 1.56. The van der Waals surface area contributed by atoms with E-state index in [0.717, 1.165) is 19.6 Å². The molecule has 1 fully saturated rings. The molecular formula is C15H31N3O. The van der Waals surface area contributed by atoms with Gasteiger partial charge in [0.1, 0.15) is 0 Å². The van der Waals surface area contributed by atoms with Gasteiger partial charge in [-0.25, -0.2) is 0 Å². The molecule has 4 heteroatoms. The average molecular weight is 269 g/mol. The molecule has 0 spiro atoms. The summed E-state index contributed by atoms with van der Waals surface area (Å²) >= 11 is 0. The summed E-state index contributed by atoms with van der Waals surface area (Å²) < 4.78 is 0. The Kier molecular flexibility index (Phi) is 7.39. The molecule has 19 heavy (non-hydrogen) atoms. The molecule has 1 aliphatic heterocycles. The minimum absolute atomic E-state index is 0.222. The largest absolute Gasteiger partial charge is 0.342 e. The number of piperidine rings is 1. The number of likely N-dealkylation sites (N-methyl/N-ethyl adjacent to an activating group) is 1. The number of carbonyl (C=O) groups excluding carboxylic acids is 1. The van der Waals surface area contributed by atoms with Gasteiger partial charge in [0, 0.05) is 25.7 Å². The minimum atomic E-state index is 0.222. The van der Waals surface area contributed by atoms with Crippen LogP contribution in [-0.2, 0) is 4.79 Å². The highest BCUT2D eigenvalue weighted by molar-refractivity contribution is 5.78. The summed E-state index contributed by atoms with van der Waals surface area (Å²) in [6.07, 6.45) is 2.57. The third-order valence-corrected chi connectivity index (χ3v) is 4.39. The summed E-state index contributed by atoms with van der Waals surface area (Å²) in [5.74, 6) is 0.901. The Morgan fingerprint density at radius 3 is 2.63 bits per heavy atom. The smallest absolute Gasteiger partial charge is 0.236 e. The monoisotopic (exact) mass is 269 g/mol. The molecule has 1 aliphatic rings. The van der Waals surface area contributed by atoms with Crippen molar-refractivity contribution in [2.45, 2.75) is 46.6 Å². The van der Waals surface area contributed by atoms with Gasteiger partial charge in [-0.15, -0.1) is 0 Å². The normalized spacial score (nSPS) is 22.2. The van der Waals surface area contributed by atoms with Crippen molar-refractivity contribution in [3.63, 3.8) is 0 Å². The van der Waals surface area contributed by atoms with Crippen LogP contribution in [0.5, 0.6) is 0 Å². The lowest BCUT2D eigenvalue weighted by atomic mass is 9.91. The molecular weight excluding hydrogens is 238 g/mol. The maximum Gasteiger partial charge on any atom is 0.236 e. The van der Waals surface area contributed by atoms with Crippen molar-refractivity contribution in [1.29, 1.82) is 0 Å². The van der Waals surface area contributed by atoms with Gasteiger partial charge in [0.15, 0.2) is 0 Å². The Labute approximate surface area is 118 Å². The standard InChI is InChI=1S/C15H31N3O/c1-5-17-10-8-9-14(12-17)13(4)16-11-15(19)18(6-2)7-3/h13-14,16H,5-12H2,1-4H3. The molecule has 2 unspecified atom stereocenters. The van der Waals surface area contributed by atoms with Gasteiger partial charge < -0.3 is 15.1 Å². The maximum absolute atomic E-state index is 12.0. The summed E-state index contributed by atoms with van der Waals surface area (Å²) in [5.41, 5.74) is 0. The number of hydrogen-bond donors (Lipinski definition) is 1. The van der Waals surface area contributed by atoms with E-state index in [1.54, 1.807) is 0 Å². The van der Waals surface area contributed by atoms with Crippen LogP contribution in [0, 0.1) is 5.92 Å². The number of nitrogens with one attached hydrogen (secondary N) is 1. The van der Waals surface area contributed by atoms with Crippen LogP contribution in [-0.4, -0.2) is 61.0 Å². The highest BCUT2D eigenvalue weighted by atomic mass is 16.2. The Morgan fingerprint density at radius 2 is 2.05 bits per heavy atom. The second kappa shape index (κ2) is 8.54. The van der Waals surface area contributed by atoms with Crippen molar-refractivity contribution in [1.82, 2.24) is 15.1 Å². The van der Waals surface area contributed by atoms with Crippen molar-refractivity contribution in [2.75, 3.05) is 39.3 Å². The molecule has 0 aromatic rings. The zero-order valence-corrected chi connectivity index (χ0v) is 13.1. The molecule has 0 radical (unpaired) electrons. The molecule has 1 saturated heterocycles. The molecule has 1 N–H and O–H groups in total. The molecule has 2 atom stereocenters. The molecule has 1 amide bonds. The van der Waals surface area contributed by atoms with Crippen molar-refractivity contribution in [3.05, 3.63) is 0 Å². The van der Waals surface area contributed by atoms with E-state index < -0.39 is 0 Å². The van der Waals surface area contributed by atoms with E-state index in [1.165, 1.54) is 25.9 Å². The third kappa shape index (κ3) is 5.11. The van der Waals surface area contributed by atoms with Gasteiger partial charge >= 0.3 is 0 Å². The topological polar surface area (TPSA) is 35.6 Å². The molecule has 1 rings (SSSR count). The number of rotatable bonds is 7. The quantitative estimate of drug-likeness (QED) is 0.762. The van der Waals surface area contributed by atoms with Gasteiger partial charge in [0.25, 0.3) is 0 Å². The number of hydrogen-bond acceptors (Lipinski definition) is 3. The first-order chi connectivity index (χ1) is 9.12. The van der Waals surface area contributed by atoms with Gasteiger partial charge in [0.2, 0.25) is 5.91 Å². The minimum Gasteiger partial charge on any atom is -0.342 e. The first-order valence-electron chi connectivity index (χ1n) is 7.85. The van der Waals surface area contributed by atoms with Crippen molar-refractivity contribution < 1.29 is 4.79 Å². The zero-order valence-electron chi connectivity index (χ0n) is 13.1. The van der Waals surface area contributed by atoms with Crippen LogP contribution in [0.15, 0.2) is 0 Å². The van der Waals surface area contributed by atoms with Gasteiger partial charge in [-0.2, -0.15) is 0 Å². The second-order valence-electron chi connectivity index (χ2n) is 5.53. The fourth-order valence-corrected chi connectivity index (χ4v) is 2.89.